The molecule has 1 fully saturated rings. The van der Waals surface area contributed by atoms with Crippen molar-refractivity contribution in [2.24, 2.45) is 5.92 Å². The maximum Gasteiger partial charge on any atom is 0.321 e. The molecule has 21 heavy (non-hydrogen) atoms. The quantitative estimate of drug-likeness (QED) is 0.801. The van der Waals surface area contributed by atoms with Crippen molar-refractivity contribution in [1.29, 1.82) is 0 Å². The number of urea groups is 1. The Morgan fingerprint density at radius 1 is 1.24 bits per heavy atom. The van der Waals surface area contributed by atoms with Crippen LogP contribution >= 0.6 is 0 Å². The van der Waals surface area contributed by atoms with E-state index in [2.05, 4.69) is 43.5 Å². The number of nitrogens with zero attached hydrogens (tertiary/aromatic N) is 1. The van der Waals surface area contributed by atoms with Crippen LogP contribution in [0.5, 0.6) is 0 Å². The average Bonchev–Trinajstić information content (AvgIpc) is 2.93. The van der Waals surface area contributed by atoms with Gasteiger partial charge in [0.25, 0.3) is 0 Å². The Hall–Kier alpha value is -1.71. The van der Waals surface area contributed by atoms with E-state index < -0.39 is 0 Å². The van der Waals surface area contributed by atoms with Gasteiger partial charge in [-0.1, -0.05) is 27.2 Å². The molecule has 2 rings (SSSR count). The van der Waals surface area contributed by atoms with Crippen LogP contribution in [0, 0.1) is 5.92 Å². The van der Waals surface area contributed by atoms with Crippen molar-refractivity contribution < 1.29 is 4.79 Å². The average molecular weight is 289 g/mol. The van der Waals surface area contributed by atoms with Gasteiger partial charge in [-0.2, -0.15) is 0 Å². The summed E-state index contributed by atoms with van der Waals surface area (Å²) in [7, 11) is 0. The van der Waals surface area contributed by atoms with E-state index in [9.17, 15) is 4.79 Å². The first-order valence-electron chi connectivity index (χ1n) is 8.06. The highest BCUT2D eigenvalue weighted by Gasteiger charge is 2.20. The Bertz CT molecular complexity index is 458. The number of rotatable bonds is 7. The topological polar surface area (TPSA) is 44.4 Å². The van der Waals surface area contributed by atoms with Gasteiger partial charge in [0.1, 0.15) is 0 Å². The highest BCUT2D eigenvalue weighted by molar-refractivity contribution is 5.94. The van der Waals surface area contributed by atoms with Gasteiger partial charge in [0.15, 0.2) is 0 Å². The molecule has 0 radical (unpaired) electrons. The molecule has 4 heteroatoms. The van der Waals surface area contributed by atoms with Gasteiger partial charge in [-0.05, 0) is 43.0 Å². The minimum atomic E-state index is -0.00101. The molecule has 2 amide bonds. The second-order valence-electron chi connectivity index (χ2n) is 5.93. The van der Waals surface area contributed by atoms with Crippen LogP contribution in [0.3, 0.4) is 0 Å². The number of benzene rings is 1. The number of nitrogens with one attached hydrogen (secondary N) is 2. The summed E-state index contributed by atoms with van der Waals surface area (Å²) in [5, 5.41) is 6.43. The molecule has 2 unspecified atom stereocenters. The zero-order chi connectivity index (χ0) is 15.2. The normalized spacial score (nSPS) is 17.5. The molecule has 0 bridgehead atoms. The Labute approximate surface area is 127 Å². The number of carbonyl (C=O) groups is 1. The van der Waals surface area contributed by atoms with E-state index in [1.165, 1.54) is 12.8 Å². The summed E-state index contributed by atoms with van der Waals surface area (Å²) in [5.41, 5.74) is 2.10. The lowest BCUT2D eigenvalue weighted by atomic mass is 9.97. The van der Waals surface area contributed by atoms with Gasteiger partial charge < -0.3 is 10.6 Å². The van der Waals surface area contributed by atoms with Crippen molar-refractivity contribution in [3.05, 3.63) is 24.3 Å². The Kier molecular flexibility index (Phi) is 5.48. The van der Waals surface area contributed by atoms with Crippen molar-refractivity contribution in [1.82, 2.24) is 5.32 Å². The molecule has 2 N–H and O–H groups in total. The van der Waals surface area contributed by atoms with Crippen molar-refractivity contribution in [2.45, 2.75) is 46.1 Å². The van der Waals surface area contributed by atoms with E-state index >= 15 is 0 Å². The summed E-state index contributed by atoms with van der Waals surface area (Å²) in [4.78, 5) is 13.4. The van der Waals surface area contributed by atoms with Gasteiger partial charge in [0, 0.05) is 30.5 Å². The third kappa shape index (κ3) is 4.13. The lowest BCUT2D eigenvalue weighted by molar-refractivity contribution is 0.252. The summed E-state index contributed by atoms with van der Waals surface area (Å²) >= 11 is 0. The zero-order valence-electron chi connectivity index (χ0n) is 13.4. The highest BCUT2D eigenvalue weighted by atomic mass is 16.2. The monoisotopic (exact) mass is 289 g/mol. The molecule has 0 aromatic heterocycles. The summed E-state index contributed by atoms with van der Waals surface area (Å²) in [6, 6.07) is 8.69. The molecular formula is C17H27N3O. The Balaban J connectivity index is 1.96. The lowest BCUT2D eigenvalue weighted by Gasteiger charge is -2.22. The molecular weight excluding hydrogens is 262 g/mol. The zero-order valence-corrected chi connectivity index (χ0v) is 13.4. The molecule has 0 aliphatic carbocycles. The fourth-order valence-corrected chi connectivity index (χ4v) is 2.67. The molecule has 116 valence electrons. The molecule has 2 atom stereocenters. The summed E-state index contributed by atoms with van der Waals surface area (Å²) in [6.45, 7) is 8.25. The number of hydrogen-bond donors (Lipinski definition) is 2. The summed E-state index contributed by atoms with van der Waals surface area (Å²) < 4.78 is 0. The van der Waals surface area contributed by atoms with E-state index in [-0.39, 0.29) is 6.03 Å². The Morgan fingerprint density at radius 3 is 2.48 bits per heavy atom. The predicted molar refractivity (Wildman–Crippen MR) is 89.0 cm³/mol. The van der Waals surface area contributed by atoms with Gasteiger partial charge in [0.2, 0.25) is 0 Å². The van der Waals surface area contributed by atoms with Crippen LogP contribution in [0.1, 0.15) is 40.0 Å². The SMILES string of the molecule is CCC(C)CC(CC)Nc1ccc(N2CCNC2=O)cc1. The van der Waals surface area contributed by atoms with Crippen LogP contribution in [0.15, 0.2) is 24.3 Å². The van der Waals surface area contributed by atoms with E-state index in [0.29, 0.717) is 6.04 Å². The standard InChI is InChI=1S/C17H27N3O/c1-4-13(3)12-14(5-2)19-15-6-8-16(9-7-15)20-11-10-18-17(20)21/h6-9,13-14,19H,4-5,10-12H2,1-3H3,(H,18,21). The summed E-state index contributed by atoms with van der Waals surface area (Å²) in [6.07, 6.45) is 3.55. The molecule has 0 spiro atoms. The van der Waals surface area contributed by atoms with Gasteiger partial charge in [0.05, 0.1) is 0 Å². The second-order valence-corrected chi connectivity index (χ2v) is 5.93. The van der Waals surface area contributed by atoms with Crippen molar-refractivity contribution >= 4 is 17.4 Å². The maximum absolute atomic E-state index is 11.6. The van der Waals surface area contributed by atoms with Crippen LogP contribution < -0.4 is 15.5 Å². The van der Waals surface area contributed by atoms with Gasteiger partial charge >= 0.3 is 6.03 Å². The molecule has 0 saturated carbocycles. The fraction of sp³-hybridized carbons (Fsp3) is 0.588. The molecule has 1 aliphatic heterocycles. The Morgan fingerprint density at radius 2 is 1.95 bits per heavy atom. The van der Waals surface area contributed by atoms with E-state index in [1.807, 2.05) is 12.1 Å². The van der Waals surface area contributed by atoms with Crippen LogP contribution in [0.2, 0.25) is 0 Å². The number of carbonyl (C=O) groups excluding carboxylic acids is 1. The lowest BCUT2D eigenvalue weighted by Crippen LogP contribution is -2.27. The molecule has 1 aromatic carbocycles. The van der Waals surface area contributed by atoms with Crippen molar-refractivity contribution in [3.63, 3.8) is 0 Å². The molecule has 1 saturated heterocycles. The van der Waals surface area contributed by atoms with E-state index in [4.69, 9.17) is 0 Å². The first kappa shape index (κ1) is 15.7. The van der Waals surface area contributed by atoms with Crippen LogP contribution in [0.25, 0.3) is 0 Å². The largest absolute Gasteiger partial charge is 0.382 e. The van der Waals surface area contributed by atoms with Gasteiger partial charge in [-0.15, -0.1) is 0 Å². The van der Waals surface area contributed by atoms with Crippen LogP contribution in [0.4, 0.5) is 16.2 Å². The van der Waals surface area contributed by atoms with Gasteiger partial charge in [-0.3, -0.25) is 4.90 Å². The highest BCUT2D eigenvalue weighted by Crippen LogP contribution is 2.22. The minimum absolute atomic E-state index is 0.00101. The summed E-state index contributed by atoms with van der Waals surface area (Å²) in [5.74, 6) is 0.745. The molecule has 4 nitrogen and oxygen atoms in total. The number of hydrogen-bond acceptors (Lipinski definition) is 2. The minimum Gasteiger partial charge on any atom is -0.382 e. The van der Waals surface area contributed by atoms with Crippen molar-refractivity contribution in [2.75, 3.05) is 23.3 Å². The van der Waals surface area contributed by atoms with E-state index in [0.717, 1.165) is 36.8 Å². The third-order valence-corrected chi connectivity index (χ3v) is 4.28. The smallest absolute Gasteiger partial charge is 0.321 e. The van der Waals surface area contributed by atoms with Gasteiger partial charge in [-0.25, -0.2) is 4.79 Å². The van der Waals surface area contributed by atoms with E-state index in [1.54, 1.807) is 4.90 Å². The van der Waals surface area contributed by atoms with Crippen LogP contribution in [-0.4, -0.2) is 25.2 Å². The first-order chi connectivity index (χ1) is 10.1. The molecule has 1 heterocycles. The fourth-order valence-electron chi connectivity index (χ4n) is 2.67. The second kappa shape index (κ2) is 7.34. The van der Waals surface area contributed by atoms with Crippen LogP contribution in [-0.2, 0) is 0 Å². The van der Waals surface area contributed by atoms with Crippen molar-refractivity contribution in [3.8, 4) is 0 Å². The maximum atomic E-state index is 11.6. The molecule has 1 aliphatic rings. The third-order valence-electron chi connectivity index (χ3n) is 4.28. The predicted octanol–water partition coefficient (Wildman–Crippen LogP) is 3.84. The number of anilines is 2. The molecule has 1 aromatic rings. The number of amides is 2. The first-order valence-corrected chi connectivity index (χ1v) is 8.06.